The summed E-state index contributed by atoms with van der Waals surface area (Å²) < 4.78 is 44.1. The number of hydrogen-bond donors (Lipinski definition) is 1. The fraction of sp³-hybridized carbons (Fsp3) is 0. The van der Waals surface area contributed by atoms with Crippen LogP contribution in [0.4, 0.5) is 5.13 Å². The fourth-order valence-electron chi connectivity index (χ4n) is 3.15. The number of nitriles is 1. The van der Waals surface area contributed by atoms with Crippen molar-refractivity contribution in [3.05, 3.63) is 84.8 Å². The first-order chi connectivity index (χ1) is 16.5. The highest BCUT2D eigenvalue weighted by Crippen LogP contribution is 2.37. The van der Waals surface area contributed by atoms with Gasteiger partial charge in [-0.05, 0) is 36.4 Å². The van der Waals surface area contributed by atoms with Crippen molar-refractivity contribution >= 4 is 26.5 Å². The van der Waals surface area contributed by atoms with E-state index in [1.165, 1.54) is 36.9 Å². The lowest BCUT2D eigenvalue weighted by molar-refractivity contribution is 0.480. The summed E-state index contributed by atoms with van der Waals surface area (Å²) in [7, 11) is -3.92. The van der Waals surface area contributed by atoms with Crippen LogP contribution in [0, 0.1) is 11.3 Å². The van der Waals surface area contributed by atoms with Crippen molar-refractivity contribution in [2.24, 2.45) is 0 Å². The molecule has 0 unspecified atom stereocenters. The van der Waals surface area contributed by atoms with Crippen molar-refractivity contribution in [2.45, 2.75) is 4.90 Å². The first-order valence-corrected chi connectivity index (χ1v) is 12.1. The van der Waals surface area contributed by atoms with Crippen molar-refractivity contribution in [3.63, 3.8) is 0 Å². The minimum Gasteiger partial charge on any atom is -0.472 e. The lowest BCUT2D eigenvalue weighted by Gasteiger charge is -2.13. The average molecular weight is 491 g/mol. The number of anilines is 1. The maximum Gasteiger partial charge on any atom is 0.263 e. The summed E-state index contributed by atoms with van der Waals surface area (Å²) in [6.45, 7) is 0. The summed E-state index contributed by atoms with van der Waals surface area (Å²) in [4.78, 5) is 8.26. The van der Waals surface area contributed by atoms with Crippen LogP contribution in [0.3, 0.4) is 0 Å². The zero-order valence-corrected chi connectivity index (χ0v) is 18.8. The Morgan fingerprint density at radius 3 is 2.47 bits per heavy atom. The zero-order chi connectivity index (χ0) is 23.5. The topological polar surface area (TPSA) is 131 Å². The molecule has 0 spiro atoms. The van der Waals surface area contributed by atoms with Gasteiger partial charge in [0.1, 0.15) is 11.8 Å². The number of ether oxygens (including phenoxy) is 1. The number of furan rings is 2. The molecule has 1 aromatic carbocycles. The van der Waals surface area contributed by atoms with Gasteiger partial charge in [0, 0.05) is 28.3 Å². The molecule has 0 amide bonds. The largest absolute Gasteiger partial charge is 0.472 e. The first kappa shape index (κ1) is 21.4. The van der Waals surface area contributed by atoms with Crippen molar-refractivity contribution in [1.29, 1.82) is 5.26 Å². The van der Waals surface area contributed by atoms with Crippen LogP contribution in [0.5, 0.6) is 11.5 Å². The monoisotopic (exact) mass is 490 g/mol. The van der Waals surface area contributed by atoms with Gasteiger partial charge in [-0.3, -0.25) is 9.71 Å². The summed E-state index contributed by atoms with van der Waals surface area (Å²) in [5.74, 6) is 0.542. The van der Waals surface area contributed by atoms with Crippen molar-refractivity contribution in [2.75, 3.05) is 4.72 Å². The smallest absolute Gasteiger partial charge is 0.263 e. The maximum absolute atomic E-state index is 12.7. The second-order valence-electron chi connectivity index (χ2n) is 6.90. The average Bonchev–Trinajstić information content (AvgIpc) is 3.63. The van der Waals surface area contributed by atoms with E-state index < -0.39 is 10.0 Å². The molecule has 0 aliphatic carbocycles. The van der Waals surface area contributed by atoms with Crippen molar-refractivity contribution in [3.8, 4) is 40.0 Å². The van der Waals surface area contributed by atoms with E-state index in [1.54, 1.807) is 36.3 Å². The normalized spacial score (nSPS) is 11.1. The van der Waals surface area contributed by atoms with Gasteiger partial charge in [-0.2, -0.15) is 5.26 Å². The second kappa shape index (κ2) is 8.86. The molecule has 0 saturated heterocycles. The highest BCUT2D eigenvalue weighted by molar-refractivity contribution is 7.93. The van der Waals surface area contributed by atoms with Crippen LogP contribution in [-0.4, -0.2) is 18.4 Å². The van der Waals surface area contributed by atoms with E-state index in [0.717, 1.165) is 22.5 Å². The van der Waals surface area contributed by atoms with Crippen LogP contribution in [-0.2, 0) is 10.0 Å². The molecule has 5 aromatic rings. The Morgan fingerprint density at radius 1 is 1.00 bits per heavy atom. The van der Waals surface area contributed by atoms with Gasteiger partial charge in [-0.1, -0.05) is 0 Å². The Bertz CT molecular complexity index is 1570. The Balaban J connectivity index is 1.50. The third-order valence-electron chi connectivity index (χ3n) is 4.77. The van der Waals surface area contributed by atoms with E-state index in [0.29, 0.717) is 17.0 Å². The molecule has 5 rings (SSSR count). The second-order valence-corrected chi connectivity index (χ2v) is 9.48. The van der Waals surface area contributed by atoms with Crippen LogP contribution in [0.1, 0.15) is 5.56 Å². The highest BCUT2D eigenvalue weighted by Gasteiger charge is 2.20. The number of rotatable bonds is 7. The summed E-state index contributed by atoms with van der Waals surface area (Å²) in [5, 5.41) is 11.5. The first-order valence-electron chi connectivity index (χ1n) is 9.73. The van der Waals surface area contributed by atoms with E-state index in [-0.39, 0.29) is 21.3 Å². The van der Waals surface area contributed by atoms with Gasteiger partial charge < -0.3 is 13.6 Å². The third kappa shape index (κ3) is 4.27. The molecule has 4 heterocycles. The molecule has 168 valence electrons. The third-order valence-corrected chi connectivity index (χ3v) is 6.93. The predicted molar refractivity (Wildman–Crippen MR) is 124 cm³/mol. The molecule has 0 fully saturated rings. The van der Waals surface area contributed by atoms with E-state index in [2.05, 4.69) is 14.7 Å². The molecule has 9 nitrogen and oxygen atoms in total. The molecule has 0 aliphatic rings. The van der Waals surface area contributed by atoms with Crippen molar-refractivity contribution in [1.82, 2.24) is 9.97 Å². The molecule has 1 N–H and O–H groups in total. The molecular formula is C23H14N4O5S2. The molecule has 0 atom stereocenters. The van der Waals surface area contributed by atoms with E-state index in [9.17, 15) is 13.7 Å². The van der Waals surface area contributed by atoms with Crippen LogP contribution in [0.2, 0.25) is 0 Å². The Kier molecular flexibility index (Phi) is 5.59. The zero-order valence-electron chi connectivity index (χ0n) is 17.2. The summed E-state index contributed by atoms with van der Waals surface area (Å²) in [6, 6.07) is 11.4. The fourth-order valence-corrected chi connectivity index (χ4v) is 4.97. The Hall–Kier alpha value is -4.40. The summed E-state index contributed by atoms with van der Waals surface area (Å²) in [6.07, 6.45) is 9.25. The molecule has 0 radical (unpaired) electrons. The number of aromatic nitrogens is 2. The van der Waals surface area contributed by atoms with Crippen LogP contribution >= 0.6 is 11.3 Å². The standard InChI is InChI=1S/C23H14N4O5S2/c24-11-17-9-18(34(28,29)27-23-25-5-8-33-23)1-2-21(17)32-22-12-26-20(16-4-7-31-14-16)10-19(22)15-3-6-30-13-15/h1-10,12-14H,(H,25,27). The van der Waals surface area contributed by atoms with E-state index in [1.807, 2.05) is 12.1 Å². The van der Waals surface area contributed by atoms with Gasteiger partial charge in [0.15, 0.2) is 10.9 Å². The summed E-state index contributed by atoms with van der Waals surface area (Å²) >= 11 is 1.15. The lowest BCUT2D eigenvalue weighted by Crippen LogP contribution is -2.13. The number of nitrogens with one attached hydrogen (secondary N) is 1. The quantitative estimate of drug-likeness (QED) is 0.315. The number of hydrogen-bond acceptors (Lipinski definition) is 9. The van der Waals surface area contributed by atoms with Crippen LogP contribution in [0.15, 0.2) is 93.0 Å². The molecule has 11 heteroatoms. The predicted octanol–water partition coefficient (Wildman–Crippen LogP) is 5.52. The molecule has 4 aromatic heterocycles. The van der Waals surface area contributed by atoms with Gasteiger partial charge in [-0.25, -0.2) is 13.4 Å². The molecule has 34 heavy (non-hydrogen) atoms. The number of pyridine rings is 1. The van der Waals surface area contributed by atoms with Crippen LogP contribution in [0.25, 0.3) is 22.4 Å². The van der Waals surface area contributed by atoms with Gasteiger partial charge in [0.25, 0.3) is 10.0 Å². The minimum atomic E-state index is -3.92. The molecule has 0 aliphatic heterocycles. The molecule has 0 saturated carbocycles. The van der Waals surface area contributed by atoms with Crippen LogP contribution < -0.4 is 9.46 Å². The lowest BCUT2D eigenvalue weighted by atomic mass is 10.1. The highest BCUT2D eigenvalue weighted by atomic mass is 32.2. The summed E-state index contributed by atoms with van der Waals surface area (Å²) in [5.41, 5.74) is 2.90. The minimum absolute atomic E-state index is 0.0408. The van der Waals surface area contributed by atoms with Gasteiger partial charge in [0.2, 0.25) is 0 Å². The molecule has 0 bridgehead atoms. The van der Waals surface area contributed by atoms with Gasteiger partial charge in [0.05, 0.1) is 47.4 Å². The van der Waals surface area contributed by atoms with E-state index >= 15 is 0 Å². The Labute approximate surface area is 198 Å². The number of thiazole rings is 1. The number of nitrogens with zero attached hydrogens (tertiary/aromatic N) is 3. The van der Waals surface area contributed by atoms with Gasteiger partial charge >= 0.3 is 0 Å². The Morgan fingerprint density at radius 2 is 1.79 bits per heavy atom. The number of benzene rings is 1. The van der Waals surface area contributed by atoms with Gasteiger partial charge in [-0.15, -0.1) is 11.3 Å². The van der Waals surface area contributed by atoms with Crippen molar-refractivity contribution < 1.29 is 22.0 Å². The molecular weight excluding hydrogens is 476 g/mol. The van der Waals surface area contributed by atoms with E-state index in [4.69, 9.17) is 13.6 Å². The SMILES string of the molecule is N#Cc1cc(S(=O)(=O)Nc2nccs2)ccc1Oc1cnc(-c2ccoc2)cc1-c1ccoc1. The maximum atomic E-state index is 12.7. The number of sulfonamides is 1.